The van der Waals surface area contributed by atoms with Gasteiger partial charge in [-0.1, -0.05) is 47.5 Å². The summed E-state index contributed by atoms with van der Waals surface area (Å²) < 4.78 is 5.63. The summed E-state index contributed by atoms with van der Waals surface area (Å²) in [5, 5.41) is 2.87. The number of rotatable bonds is 5. The average molecular weight is 495 g/mol. The smallest absolute Gasteiger partial charge is 0.343 e. The Morgan fingerprint density at radius 2 is 1.50 bits per heavy atom. The van der Waals surface area contributed by atoms with E-state index in [9.17, 15) is 14.4 Å². The van der Waals surface area contributed by atoms with Gasteiger partial charge in [-0.15, -0.1) is 0 Å². The molecule has 0 unspecified atom stereocenters. The second-order valence-electron chi connectivity index (χ2n) is 7.83. The van der Waals surface area contributed by atoms with E-state index in [-0.39, 0.29) is 21.4 Å². The first-order chi connectivity index (χ1) is 16.2. The number of para-hydroxylation sites is 1. The number of nitrogens with zero attached hydrogens (tertiary/aromatic N) is 1. The van der Waals surface area contributed by atoms with E-state index < -0.39 is 17.8 Å². The molecule has 0 saturated carbocycles. The Kier molecular flexibility index (Phi) is 6.46. The predicted octanol–water partition coefficient (Wildman–Crippen LogP) is 5.92. The van der Waals surface area contributed by atoms with Crippen LogP contribution in [0.25, 0.3) is 0 Å². The van der Waals surface area contributed by atoms with Gasteiger partial charge in [-0.2, -0.15) is 0 Å². The number of carbonyl (C=O) groups is 3. The Balaban J connectivity index is 1.51. The second kappa shape index (κ2) is 9.33. The van der Waals surface area contributed by atoms with Crippen LogP contribution >= 0.6 is 23.2 Å². The Morgan fingerprint density at radius 3 is 2.18 bits per heavy atom. The quantitative estimate of drug-likeness (QED) is 0.270. The molecule has 34 heavy (non-hydrogen) atoms. The number of anilines is 2. The number of ether oxygens (including phenoxy) is 1. The number of carbonyl (C=O) groups excluding carboxylic acids is 3. The topological polar surface area (TPSA) is 75.7 Å². The van der Waals surface area contributed by atoms with Gasteiger partial charge >= 0.3 is 5.97 Å². The molecule has 3 aromatic rings. The summed E-state index contributed by atoms with van der Waals surface area (Å²) in [6.45, 7) is 5.74. The lowest BCUT2D eigenvalue weighted by atomic mass is 10.1. The molecule has 1 heterocycles. The molecule has 8 heteroatoms. The second-order valence-corrected chi connectivity index (χ2v) is 8.62. The first kappa shape index (κ1) is 23.5. The normalized spacial score (nSPS) is 13.5. The Hall–Kier alpha value is -3.61. The molecule has 4 rings (SSSR count). The largest absolute Gasteiger partial charge is 0.422 e. The fourth-order valence-electron chi connectivity index (χ4n) is 3.53. The molecule has 3 aromatic carbocycles. The molecule has 1 N–H and O–H groups in total. The van der Waals surface area contributed by atoms with Crippen molar-refractivity contribution in [2.45, 2.75) is 20.8 Å². The van der Waals surface area contributed by atoms with Gasteiger partial charge in [0.1, 0.15) is 16.5 Å². The van der Waals surface area contributed by atoms with Gasteiger partial charge in [0.25, 0.3) is 11.8 Å². The van der Waals surface area contributed by atoms with Crippen LogP contribution in [0.2, 0.25) is 5.02 Å². The molecule has 0 aliphatic carbocycles. The third-order valence-corrected chi connectivity index (χ3v) is 6.25. The zero-order valence-electron chi connectivity index (χ0n) is 18.6. The molecule has 2 amide bonds. The minimum Gasteiger partial charge on any atom is -0.422 e. The summed E-state index contributed by atoms with van der Waals surface area (Å²) in [7, 11) is 0. The molecule has 0 saturated heterocycles. The minimum atomic E-state index is -0.675. The van der Waals surface area contributed by atoms with Crippen molar-refractivity contribution in [3.63, 3.8) is 0 Å². The first-order valence-corrected chi connectivity index (χ1v) is 11.1. The van der Waals surface area contributed by atoms with Gasteiger partial charge in [0.2, 0.25) is 0 Å². The van der Waals surface area contributed by atoms with Crippen molar-refractivity contribution < 1.29 is 19.1 Å². The zero-order valence-corrected chi connectivity index (χ0v) is 20.1. The number of benzene rings is 3. The van der Waals surface area contributed by atoms with Crippen molar-refractivity contribution in [2.24, 2.45) is 0 Å². The van der Waals surface area contributed by atoms with Gasteiger partial charge in [-0.25, -0.2) is 9.69 Å². The van der Waals surface area contributed by atoms with E-state index in [2.05, 4.69) is 5.32 Å². The average Bonchev–Trinajstić information content (AvgIpc) is 3.03. The lowest BCUT2D eigenvalue weighted by molar-refractivity contribution is -0.120. The van der Waals surface area contributed by atoms with Gasteiger partial charge < -0.3 is 10.1 Å². The molecule has 172 valence electrons. The Bertz CT molecular complexity index is 1360. The van der Waals surface area contributed by atoms with E-state index in [1.54, 1.807) is 48.5 Å². The van der Waals surface area contributed by atoms with Crippen LogP contribution in [0, 0.1) is 20.8 Å². The van der Waals surface area contributed by atoms with Crippen LogP contribution in [-0.4, -0.2) is 17.8 Å². The van der Waals surface area contributed by atoms with Gasteiger partial charge in [0.05, 0.1) is 16.3 Å². The number of aryl methyl sites for hydroxylation is 2. The molecule has 1 aliphatic heterocycles. The SMILES string of the molecule is Cc1ccc(C)c(OC(=O)c2ccc(NC3=C(Cl)C(=O)N(c4ccccc4Cl)C3=O)cc2)c1C. The van der Waals surface area contributed by atoms with Crippen LogP contribution in [0.5, 0.6) is 5.75 Å². The van der Waals surface area contributed by atoms with Gasteiger partial charge in [0, 0.05) is 5.69 Å². The summed E-state index contributed by atoms with van der Waals surface area (Å²) in [6, 6.07) is 16.7. The summed E-state index contributed by atoms with van der Waals surface area (Å²) in [6.07, 6.45) is 0. The predicted molar refractivity (Wildman–Crippen MR) is 133 cm³/mol. The van der Waals surface area contributed by atoms with Crippen LogP contribution in [0.15, 0.2) is 71.4 Å². The van der Waals surface area contributed by atoms with E-state index in [1.807, 2.05) is 32.9 Å². The molecule has 0 radical (unpaired) electrons. The molecule has 1 aliphatic rings. The Labute approximate surface area is 206 Å². The maximum Gasteiger partial charge on any atom is 0.343 e. The van der Waals surface area contributed by atoms with Crippen molar-refractivity contribution in [3.8, 4) is 5.75 Å². The molecule has 0 aromatic heterocycles. The van der Waals surface area contributed by atoms with Crippen LogP contribution in [-0.2, 0) is 9.59 Å². The van der Waals surface area contributed by atoms with Crippen LogP contribution in [0.3, 0.4) is 0 Å². The summed E-state index contributed by atoms with van der Waals surface area (Å²) in [5.41, 5.74) is 3.76. The van der Waals surface area contributed by atoms with Crippen LogP contribution in [0.4, 0.5) is 11.4 Å². The number of nitrogens with one attached hydrogen (secondary N) is 1. The lowest BCUT2D eigenvalue weighted by Crippen LogP contribution is -2.32. The highest BCUT2D eigenvalue weighted by molar-refractivity contribution is 6.53. The monoisotopic (exact) mass is 494 g/mol. The van der Waals surface area contributed by atoms with Gasteiger partial charge in [-0.3, -0.25) is 9.59 Å². The zero-order chi connectivity index (χ0) is 24.6. The van der Waals surface area contributed by atoms with E-state index in [0.717, 1.165) is 21.6 Å². The third-order valence-electron chi connectivity index (χ3n) is 5.58. The van der Waals surface area contributed by atoms with Gasteiger partial charge in [-0.05, 0) is 73.9 Å². The number of esters is 1. The highest BCUT2D eigenvalue weighted by Gasteiger charge is 2.39. The number of imide groups is 1. The fourth-order valence-corrected chi connectivity index (χ4v) is 3.96. The summed E-state index contributed by atoms with van der Waals surface area (Å²) in [5.74, 6) is -1.26. The van der Waals surface area contributed by atoms with E-state index >= 15 is 0 Å². The van der Waals surface area contributed by atoms with Crippen molar-refractivity contribution in [1.29, 1.82) is 0 Å². The molecule has 6 nitrogen and oxygen atoms in total. The van der Waals surface area contributed by atoms with Crippen molar-refractivity contribution >= 4 is 52.4 Å². The van der Waals surface area contributed by atoms with E-state index in [1.165, 1.54) is 0 Å². The molecule has 0 atom stereocenters. The van der Waals surface area contributed by atoms with Gasteiger partial charge in [0.15, 0.2) is 0 Å². The number of amides is 2. The van der Waals surface area contributed by atoms with Crippen LogP contribution in [0.1, 0.15) is 27.0 Å². The van der Waals surface area contributed by atoms with E-state index in [0.29, 0.717) is 17.0 Å². The number of hydrogen-bond donors (Lipinski definition) is 1. The molecule has 0 spiro atoms. The maximum absolute atomic E-state index is 12.9. The number of halogens is 2. The summed E-state index contributed by atoms with van der Waals surface area (Å²) in [4.78, 5) is 39.1. The standard InChI is InChI=1S/C26H20Cl2N2O4/c1-14-8-9-15(2)23(16(14)3)34-26(33)17-10-12-18(13-11-17)29-22-21(28)24(31)30(25(22)32)20-7-5-4-6-19(20)27/h4-13,29H,1-3H3. The number of hydrogen-bond acceptors (Lipinski definition) is 5. The minimum absolute atomic E-state index is 0.0760. The van der Waals surface area contributed by atoms with Crippen molar-refractivity contribution in [2.75, 3.05) is 10.2 Å². The molecular formula is C26H20Cl2N2O4. The van der Waals surface area contributed by atoms with Crippen LogP contribution < -0.4 is 15.0 Å². The summed E-state index contributed by atoms with van der Waals surface area (Å²) >= 11 is 12.3. The fraction of sp³-hybridized carbons (Fsp3) is 0.115. The highest BCUT2D eigenvalue weighted by atomic mass is 35.5. The van der Waals surface area contributed by atoms with Crippen molar-refractivity contribution in [1.82, 2.24) is 0 Å². The molecule has 0 bridgehead atoms. The Morgan fingerprint density at radius 1 is 0.853 bits per heavy atom. The third kappa shape index (κ3) is 4.30. The van der Waals surface area contributed by atoms with E-state index in [4.69, 9.17) is 27.9 Å². The molecular weight excluding hydrogens is 475 g/mol. The molecule has 0 fully saturated rings. The van der Waals surface area contributed by atoms with Crippen molar-refractivity contribution in [3.05, 3.63) is 98.7 Å². The maximum atomic E-state index is 12.9. The lowest BCUT2D eigenvalue weighted by Gasteiger charge is -2.16. The highest BCUT2D eigenvalue weighted by Crippen LogP contribution is 2.34. The first-order valence-electron chi connectivity index (χ1n) is 10.4.